The summed E-state index contributed by atoms with van der Waals surface area (Å²) in [7, 11) is 0. The smallest absolute Gasteiger partial charge is 0.101 e. The normalized spacial score (nSPS) is 15.6. The van der Waals surface area contributed by atoms with E-state index in [-0.39, 0.29) is 0 Å². The van der Waals surface area contributed by atoms with E-state index in [1.54, 1.807) is 0 Å². The van der Waals surface area contributed by atoms with Crippen molar-refractivity contribution in [3.8, 4) is 6.07 Å². The number of nitrogens with zero attached hydrogens (tertiary/aromatic N) is 2. The predicted molar refractivity (Wildman–Crippen MR) is 79.5 cm³/mol. The van der Waals surface area contributed by atoms with Gasteiger partial charge in [0.1, 0.15) is 6.07 Å². The number of anilines is 1. The van der Waals surface area contributed by atoms with Crippen molar-refractivity contribution >= 4 is 5.69 Å². The first-order chi connectivity index (χ1) is 9.11. The molecule has 102 valence electrons. The van der Waals surface area contributed by atoms with Crippen LogP contribution in [0.5, 0.6) is 0 Å². The highest BCUT2D eigenvalue weighted by Crippen LogP contribution is 2.26. The van der Waals surface area contributed by atoms with Crippen LogP contribution in [0.15, 0.2) is 12.1 Å². The Morgan fingerprint density at radius 2 is 2.00 bits per heavy atom. The maximum atomic E-state index is 9.35. The molecule has 1 fully saturated rings. The lowest BCUT2D eigenvalue weighted by Gasteiger charge is -2.31. The first-order valence-electron chi connectivity index (χ1n) is 7.11. The van der Waals surface area contributed by atoms with Crippen molar-refractivity contribution in [2.75, 3.05) is 31.1 Å². The van der Waals surface area contributed by atoms with E-state index in [0.29, 0.717) is 5.92 Å². The molecular weight excluding hydrogens is 234 g/mol. The third kappa shape index (κ3) is 3.27. The fourth-order valence-electron chi connectivity index (χ4n) is 2.66. The Balaban J connectivity index is 2.36. The third-order valence-corrected chi connectivity index (χ3v) is 3.66. The number of nitrogens with one attached hydrogen (secondary N) is 1. The van der Waals surface area contributed by atoms with Gasteiger partial charge in [-0.25, -0.2) is 0 Å². The molecule has 1 aliphatic rings. The molecule has 0 aliphatic carbocycles. The van der Waals surface area contributed by atoms with Gasteiger partial charge in [-0.05, 0) is 42.5 Å². The molecule has 1 saturated heterocycles. The molecule has 0 atom stereocenters. The molecular formula is C16H23N3. The van der Waals surface area contributed by atoms with Crippen molar-refractivity contribution < 1.29 is 0 Å². The van der Waals surface area contributed by atoms with Gasteiger partial charge in [0.25, 0.3) is 0 Å². The second-order valence-electron chi connectivity index (χ2n) is 5.74. The summed E-state index contributed by atoms with van der Waals surface area (Å²) in [5.74, 6) is 0.641. The molecule has 0 saturated carbocycles. The maximum absolute atomic E-state index is 9.35. The molecule has 0 spiro atoms. The number of piperazine rings is 1. The van der Waals surface area contributed by atoms with Gasteiger partial charge in [0.05, 0.1) is 11.3 Å². The second kappa shape index (κ2) is 6.08. The van der Waals surface area contributed by atoms with E-state index in [9.17, 15) is 5.26 Å². The lowest BCUT2D eigenvalue weighted by molar-refractivity contribution is 0.588. The van der Waals surface area contributed by atoms with Gasteiger partial charge in [-0.3, -0.25) is 0 Å². The molecule has 1 aliphatic heterocycles. The van der Waals surface area contributed by atoms with Gasteiger partial charge in [0.15, 0.2) is 0 Å². The molecule has 0 unspecified atom stereocenters. The van der Waals surface area contributed by atoms with E-state index in [0.717, 1.165) is 43.9 Å². The minimum Gasteiger partial charge on any atom is -0.368 e. The zero-order chi connectivity index (χ0) is 13.8. The summed E-state index contributed by atoms with van der Waals surface area (Å²) < 4.78 is 0. The molecule has 2 rings (SSSR count). The van der Waals surface area contributed by atoms with Crippen molar-refractivity contribution in [3.05, 3.63) is 28.8 Å². The summed E-state index contributed by atoms with van der Waals surface area (Å²) >= 11 is 0. The number of hydrogen-bond donors (Lipinski definition) is 1. The Bertz CT molecular complexity index is 480. The number of rotatable bonds is 3. The lowest BCUT2D eigenvalue weighted by Crippen LogP contribution is -2.43. The van der Waals surface area contributed by atoms with Crippen molar-refractivity contribution in [1.82, 2.24) is 5.32 Å². The van der Waals surface area contributed by atoms with E-state index in [1.165, 1.54) is 11.1 Å². The minimum atomic E-state index is 0.641. The van der Waals surface area contributed by atoms with Gasteiger partial charge in [-0.2, -0.15) is 5.26 Å². The van der Waals surface area contributed by atoms with Crippen molar-refractivity contribution in [1.29, 1.82) is 5.26 Å². The molecule has 1 aromatic rings. The van der Waals surface area contributed by atoms with Crippen LogP contribution in [-0.4, -0.2) is 26.2 Å². The topological polar surface area (TPSA) is 39.1 Å². The second-order valence-corrected chi connectivity index (χ2v) is 5.74. The fraction of sp³-hybridized carbons (Fsp3) is 0.562. The van der Waals surface area contributed by atoms with Crippen LogP contribution in [0.1, 0.15) is 30.5 Å². The number of nitriles is 1. The molecule has 1 heterocycles. The summed E-state index contributed by atoms with van der Waals surface area (Å²) in [6.45, 7) is 10.6. The molecule has 1 N–H and O–H groups in total. The Labute approximate surface area is 116 Å². The van der Waals surface area contributed by atoms with Crippen molar-refractivity contribution in [3.63, 3.8) is 0 Å². The largest absolute Gasteiger partial charge is 0.368 e. The zero-order valence-electron chi connectivity index (χ0n) is 12.2. The van der Waals surface area contributed by atoms with Crippen LogP contribution in [0.3, 0.4) is 0 Å². The number of aryl methyl sites for hydroxylation is 1. The maximum Gasteiger partial charge on any atom is 0.101 e. The van der Waals surface area contributed by atoms with Gasteiger partial charge < -0.3 is 10.2 Å². The molecule has 0 bridgehead atoms. The third-order valence-electron chi connectivity index (χ3n) is 3.66. The highest BCUT2D eigenvalue weighted by molar-refractivity contribution is 5.62. The summed E-state index contributed by atoms with van der Waals surface area (Å²) in [6, 6.07) is 6.64. The molecule has 0 amide bonds. The van der Waals surface area contributed by atoms with Gasteiger partial charge >= 0.3 is 0 Å². The zero-order valence-corrected chi connectivity index (χ0v) is 12.2. The van der Waals surface area contributed by atoms with Crippen LogP contribution in [0.4, 0.5) is 5.69 Å². The van der Waals surface area contributed by atoms with Gasteiger partial charge in [-0.15, -0.1) is 0 Å². The van der Waals surface area contributed by atoms with Crippen LogP contribution < -0.4 is 10.2 Å². The monoisotopic (exact) mass is 257 g/mol. The van der Waals surface area contributed by atoms with Crippen LogP contribution in [0.2, 0.25) is 0 Å². The van der Waals surface area contributed by atoms with Crippen LogP contribution in [-0.2, 0) is 6.42 Å². The SMILES string of the molecule is Cc1cc(C#N)c(N2CCNCC2)cc1CC(C)C. The average molecular weight is 257 g/mol. The van der Waals surface area contributed by atoms with Gasteiger partial charge in [0, 0.05) is 26.2 Å². The first kappa shape index (κ1) is 13.9. The Kier molecular flexibility index (Phi) is 4.44. The van der Waals surface area contributed by atoms with Crippen LogP contribution in [0.25, 0.3) is 0 Å². The molecule has 3 nitrogen and oxygen atoms in total. The molecule has 19 heavy (non-hydrogen) atoms. The summed E-state index contributed by atoms with van der Waals surface area (Å²) in [4.78, 5) is 2.33. The average Bonchev–Trinajstić information content (AvgIpc) is 2.41. The van der Waals surface area contributed by atoms with E-state index in [1.807, 2.05) is 0 Å². The van der Waals surface area contributed by atoms with E-state index < -0.39 is 0 Å². The van der Waals surface area contributed by atoms with E-state index >= 15 is 0 Å². The molecule has 0 radical (unpaired) electrons. The van der Waals surface area contributed by atoms with Crippen LogP contribution >= 0.6 is 0 Å². The summed E-state index contributed by atoms with van der Waals surface area (Å²) in [5.41, 5.74) is 4.55. The summed E-state index contributed by atoms with van der Waals surface area (Å²) in [5, 5.41) is 12.7. The highest BCUT2D eigenvalue weighted by Gasteiger charge is 2.16. The first-order valence-corrected chi connectivity index (χ1v) is 7.11. The Hall–Kier alpha value is -1.53. The van der Waals surface area contributed by atoms with E-state index in [4.69, 9.17) is 0 Å². The number of benzene rings is 1. The van der Waals surface area contributed by atoms with Crippen molar-refractivity contribution in [2.45, 2.75) is 27.2 Å². The molecule has 3 heteroatoms. The minimum absolute atomic E-state index is 0.641. The van der Waals surface area contributed by atoms with Gasteiger partial charge in [-0.1, -0.05) is 13.8 Å². The fourth-order valence-corrected chi connectivity index (χ4v) is 2.66. The summed E-state index contributed by atoms with van der Waals surface area (Å²) in [6.07, 6.45) is 1.08. The quantitative estimate of drug-likeness (QED) is 0.904. The predicted octanol–water partition coefficient (Wildman–Crippen LogP) is 2.47. The Morgan fingerprint density at radius 1 is 1.32 bits per heavy atom. The lowest BCUT2D eigenvalue weighted by atomic mass is 9.95. The van der Waals surface area contributed by atoms with Crippen LogP contribution in [0, 0.1) is 24.2 Å². The highest BCUT2D eigenvalue weighted by atomic mass is 15.2. The Morgan fingerprint density at radius 3 is 2.58 bits per heavy atom. The van der Waals surface area contributed by atoms with Crippen molar-refractivity contribution in [2.24, 2.45) is 5.92 Å². The standard InChI is InChI=1S/C16H23N3/c1-12(2)8-14-10-16(15(11-17)9-13(14)3)19-6-4-18-5-7-19/h9-10,12,18H,4-8H2,1-3H3. The molecule has 0 aromatic heterocycles. The van der Waals surface area contributed by atoms with Gasteiger partial charge in [0.2, 0.25) is 0 Å². The number of hydrogen-bond acceptors (Lipinski definition) is 3. The van der Waals surface area contributed by atoms with E-state index in [2.05, 4.69) is 49.2 Å². The molecule has 1 aromatic carbocycles.